The van der Waals surface area contributed by atoms with Gasteiger partial charge in [-0.25, -0.2) is 0 Å². The molecule has 2 fully saturated rings. The Kier molecular flexibility index (Phi) is 6.60. The lowest BCUT2D eigenvalue weighted by molar-refractivity contribution is -0.129. The number of rotatable bonds is 6. The summed E-state index contributed by atoms with van der Waals surface area (Å²) in [6.45, 7) is 4.01. The Bertz CT molecular complexity index is 604. The molecule has 0 radical (unpaired) electrons. The van der Waals surface area contributed by atoms with Gasteiger partial charge < -0.3 is 19.5 Å². The Morgan fingerprint density at radius 1 is 1.46 bits per heavy atom. The van der Waals surface area contributed by atoms with E-state index in [4.69, 9.17) is 9.47 Å². The fraction of sp³-hybridized carbons (Fsp3) is 0.579. The van der Waals surface area contributed by atoms with Crippen LogP contribution in [0.25, 0.3) is 0 Å². The highest BCUT2D eigenvalue weighted by Crippen LogP contribution is 2.28. The molecule has 0 unspecified atom stereocenters. The van der Waals surface area contributed by atoms with E-state index in [1.165, 1.54) is 0 Å². The first-order valence-electron chi connectivity index (χ1n) is 9.13. The van der Waals surface area contributed by atoms with Crippen LogP contribution in [0.3, 0.4) is 0 Å². The van der Waals surface area contributed by atoms with Gasteiger partial charge in [-0.1, -0.05) is 6.08 Å². The largest absolute Gasteiger partial charge is 0.486 e. The van der Waals surface area contributed by atoms with Crippen molar-refractivity contribution < 1.29 is 19.4 Å². The average molecular weight is 361 g/mol. The van der Waals surface area contributed by atoms with E-state index >= 15 is 0 Å². The molecule has 1 aromatic heterocycles. The number of morpholine rings is 1. The van der Waals surface area contributed by atoms with Gasteiger partial charge in [0.1, 0.15) is 18.0 Å². The van der Waals surface area contributed by atoms with Crippen LogP contribution in [-0.4, -0.2) is 83.9 Å². The molecule has 7 heteroatoms. The van der Waals surface area contributed by atoms with Crippen molar-refractivity contribution >= 4 is 5.91 Å². The van der Waals surface area contributed by atoms with Crippen molar-refractivity contribution in [3.05, 3.63) is 36.7 Å². The summed E-state index contributed by atoms with van der Waals surface area (Å²) in [7, 11) is 1.74. The number of pyridine rings is 1. The zero-order chi connectivity index (χ0) is 18.4. The second-order valence-electron chi connectivity index (χ2n) is 6.74. The van der Waals surface area contributed by atoms with Gasteiger partial charge in [0.05, 0.1) is 25.5 Å². The topological polar surface area (TPSA) is 75.1 Å². The van der Waals surface area contributed by atoms with Gasteiger partial charge in [0.2, 0.25) is 5.91 Å². The molecule has 1 aromatic rings. The smallest absolute Gasteiger partial charge is 0.246 e. The Morgan fingerprint density at radius 2 is 2.27 bits per heavy atom. The maximum Gasteiger partial charge on any atom is 0.246 e. The van der Waals surface area contributed by atoms with E-state index in [0.29, 0.717) is 18.6 Å². The van der Waals surface area contributed by atoms with Crippen LogP contribution in [-0.2, 0) is 9.53 Å². The minimum absolute atomic E-state index is 0.0932. The summed E-state index contributed by atoms with van der Waals surface area (Å²) in [5.74, 6) is 0.543. The zero-order valence-corrected chi connectivity index (χ0v) is 15.2. The van der Waals surface area contributed by atoms with Crippen molar-refractivity contribution in [2.45, 2.75) is 31.1 Å². The molecule has 1 saturated heterocycles. The molecule has 1 aliphatic heterocycles. The molecule has 0 aromatic carbocycles. The molecule has 26 heavy (non-hydrogen) atoms. The van der Waals surface area contributed by atoms with Gasteiger partial charge in [-0.05, 0) is 25.0 Å². The van der Waals surface area contributed by atoms with E-state index in [0.717, 1.165) is 32.8 Å². The van der Waals surface area contributed by atoms with E-state index in [1.54, 1.807) is 36.5 Å². The zero-order valence-electron chi connectivity index (χ0n) is 15.2. The Balaban J connectivity index is 1.49. The highest BCUT2D eigenvalue weighted by molar-refractivity contribution is 5.87. The van der Waals surface area contributed by atoms with E-state index < -0.39 is 6.10 Å². The molecular formula is C19H27N3O4. The van der Waals surface area contributed by atoms with Gasteiger partial charge in [0.15, 0.2) is 0 Å². The summed E-state index contributed by atoms with van der Waals surface area (Å²) in [6, 6.07) is 3.37. The van der Waals surface area contributed by atoms with Crippen molar-refractivity contribution in [1.29, 1.82) is 0 Å². The number of hydrogen-bond acceptors (Lipinski definition) is 6. The highest BCUT2D eigenvalue weighted by atomic mass is 16.5. The number of aromatic nitrogens is 1. The van der Waals surface area contributed by atoms with E-state index in [9.17, 15) is 9.90 Å². The van der Waals surface area contributed by atoms with Gasteiger partial charge in [0, 0.05) is 39.0 Å². The number of amides is 1. The lowest BCUT2D eigenvalue weighted by Crippen LogP contribution is -2.45. The van der Waals surface area contributed by atoms with Crippen LogP contribution < -0.4 is 4.74 Å². The van der Waals surface area contributed by atoms with Crippen LogP contribution >= 0.6 is 0 Å². The van der Waals surface area contributed by atoms with E-state index in [1.807, 2.05) is 12.1 Å². The molecule has 3 rings (SSSR count). The fourth-order valence-corrected chi connectivity index (χ4v) is 3.43. The number of hydrogen-bond donors (Lipinski definition) is 1. The van der Waals surface area contributed by atoms with Crippen LogP contribution in [0, 0.1) is 0 Å². The van der Waals surface area contributed by atoms with Gasteiger partial charge in [-0.2, -0.15) is 0 Å². The third kappa shape index (κ3) is 4.81. The lowest BCUT2D eigenvalue weighted by Gasteiger charge is -2.28. The van der Waals surface area contributed by atoms with Crippen LogP contribution in [0.2, 0.25) is 0 Å². The van der Waals surface area contributed by atoms with Crippen LogP contribution in [0.15, 0.2) is 36.7 Å². The van der Waals surface area contributed by atoms with Crippen molar-refractivity contribution in [3.8, 4) is 5.75 Å². The molecule has 1 saturated carbocycles. The Hall–Kier alpha value is -1.96. The SMILES string of the molecule is CN(C(=O)/C=C/CN1CCOCC1)[C@@H]1CC[C@@H](Oc2cccnc2)[C@@H]1O. The predicted octanol–water partition coefficient (Wildman–Crippen LogP) is 0.699. The number of aliphatic hydroxyl groups excluding tert-OH is 1. The van der Waals surface area contributed by atoms with Gasteiger partial charge in [-0.15, -0.1) is 0 Å². The number of carbonyl (C=O) groups is 1. The molecule has 7 nitrogen and oxygen atoms in total. The molecule has 142 valence electrons. The number of ether oxygens (including phenoxy) is 2. The molecule has 0 spiro atoms. The first kappa shape index (κ1) is 18.8. The second-order valence-corrected chi connectivity index (χ2v) is 6.74. The first-order valence-corrected chi connectivity index (χ1v) is 9.13. The fourth-order valence-electron chi connectivity index (χ4n) is 3.43. The molecule has 0 bridgehead atoms. The summed E-state index contributed by atoms with van der Waals surface area (Å²) in [5, 5.41) is 10.6. The number of nitrogens with zero attached hydrogens (tertiary/aromatic N) is 3. The molecule has 1 N–H and O–H groups in total. The molecule has 2 heterocycles. The summed E-state index contributed by atoms with van der Waals surface area (Å²) in [4.78, 5) is 20.3. The minimum atomic E-state index is -0.711. The predicted molar refractivity (Wildman–Crippen MR) is 96.9 cm³/mol. The number of likely N-dealkylation sites (N-methyl/N-ethyl adjacent to an activating group) is 1. The monoisotopic (exact) mass is 361 g/mol. The van der Waals surface area contributed by atoms with Crippen molar-refractivity contribution in [3.63, 3.8) is 0 Å². The normalized spacial score (nSPS) is 26.9. The lowest BCUT2D eigenvalue weighted by atomic mass is 10.1. The van der Waals surface area contributed by atoms with Crippen LogP contribution in [0.1, 0.15) is 12.8 Å². The number of carbonyl (C=O) groups excluding carboxylic acids is 1. The van der Waals surface area contributed by atoms with E-state index in [-0.39, 0.29) is 18.1 Å². The van der Waals surface area contributed by atoms with Crippen molar-refractivity contribution in [2.24, 2.45) is 0 Å². The minimum Gasteiger partial charge on any atom is -0.486 e. The highest BCUT2D eigenvalue weighted by Gasteiger charge is 2.39. The maximum atomic E-state index is 12.4. The van der Waals surface area contributed by atoms with Crippen molar-refractivity contribution in [1.82, 2.24) is 14.8 Å². The third-order valence-corrected chi connectivity index (χ3v) is 5.02. The standard InChI is InChI=1S/C19H27N3O4/c1-21(18(23)5-3-9-22-10-12-25-13-11-22)16-6-7-17(19(16)24)26-15-4-2-8-20-14-15/h2-5,8,14,16-17,19,24H,6-7,9-13H2,1H3/b5-3+/t16-,17-,19-/m1/s1. The van der Waals surface area contributed by atoms with Crippen LogP contribution in [0.4, 0.5) is 0 Å². The van der Waals surface area contributed by atoms with Crippen molar-refractivity contribution in [2.75, 3.05) is 39.9 Å². The quantitative estimate of drug-likeness (QED) is 0.752. The Labute approximate surface area is 154 Å². The summed E-state index contributed by atoms with van der Waals surface area (Å²) >= 11 is 0. The van der Waals surface area contributed by atoms with Crippen LogP contribution in [0.5, 0.6) is 5.75 Å². The third-order valence-electron chi connectivity index (χ3n) is 5.02. The average Bonchev–Trinajstić information content (AvgIpc) is 3.03. The summed E-state index contributed by atoms with van der Waals surface area (Å²) < 4.78 is 11.1. The molecule has 3 atom stereocenters. The van der Waals surface area contributed by atoms with E-state index in [2.05, 4.69) is 9.88 Å². The first-order chi connectivity index (χ1) is 12.6. The maximum absolute atomic E-state index is 12.4. The Morgan fingerprint density at radius 3 is 3.00 bits per heavy atom. The summed E-state index contributed by atoms with van der Waals surface area (Å²) in [5.41, 5.74) is 0. The molecular weight excluding hydrogens is 334 g/mol. The molecule has 1 aliphatic carbocycles. The second kappa shape index (κ2) is 9.12. The van der Waals surface area contributed by atoms with Gasteiger partial charge >= 0.3 is 0 Å². The van der Waals surface area contributed by atoms with Gasteiger partial charge in [0.25, 0.3) is 0 Å². The number of aliphatic hydroxyl groups is 1. The molecule has 1 amide bonds. The summed E-state index contributed by atoms with van der Waals surface area (Å²) in [6.07, 6.45) is 7.17. The van der Waals surface area contributed by atoms with Gasteiger partial charge in [-0.3, -0.25) is 14.7 Å². The molecule has 2 aliphatic rings.